The van der Waals surface area contributed by atoms with Crippen LogP contribution in [0.5, 0.6) is 0 Å². The van der Waals surface area contributed by atoms with Gasteiger partial charge in [0.05, 0.1) is 23.2 Å². The summed E-state index contributed by atoms with van der Waals surface area (Å²) in [6, 6.07) is 9.19. The highest BCUT2D eigenvalue weighted by Gasteiger charge is 2.41. The number of fused-ring (bicyclic) bond motifs is 1. The fourth-order valence-corrected chi connectivity index (χ4v) is 4.24. The summed E-state index contributed by atoms with van der Waals surface area (Å²) in [5.41, 5.74) is 5.65. The molecule has 0 bridgehead atoms. The van der Waals surface area contributed by atoms with E-state index in [0.29, 0.717) is 16.5 Å². The SMILES string of the molecule is CNC(C)(CC(NC(=O)c1cc2cc(C#N)ccc2[nH]1)C(=O)c1ccc[nH]c1=O)C(N)C(C)C(=O)C=O. The van der Waals surface area contributed by atoms with Gasteiger partial charge in [0, 0.05) is 34.6 Å². The van der Waals surface area contributed by atoms with Crippen LogP contribution in [0.1, 0.15) is 46.7 Å². The second-order valence-corrected chi connectivity index (χ2v) is 9.11. The van der Waals surface area contributed by atoms with Gasteiger partial charge in [-0.05, 0) is 56.8 Å². The number of likely N-dealkylation sites (N-methyl/N-ethyl adjacent to an activating group) is 1. The van der Waals surface area contributed by atoms with Gasteiger partial charge in [0.2, 0.25) is 0 Å². The number of ketones is 2. The maximum Gasteiger partial charge on any atom is 0.268 e. The number of rotatable bonds is 11. The number of hydrogen-bond donors (Lipinski definition) is 5. The van der Waals surface area contributed by atoms with Crippen molar-refractivity contribution < 1.29 is 19.2 Å². The van der Waals surface area contributed by atoms with Gasteiger partial charge in [-0.3, -0.25) is 24.0 Å². The topological polar surface area (TPSA) is 191 Å². The quantitative estimate of drug-likeness (QED) is 0.144. The van der Waals surface area contributed by atoms with E-state index in [4.69, 9.17) is 11.0 Å². The van der Waals surface area contributed by atoms with Crippen LogP contribution in [0.4, 0.5) is 0 Å². The minimum atomic E-state index is -1.22. The van der Waals surface area contributed by atoms with Gasteiger partial charge in [-0.2, -0.15) is 5.26 Å². The van der Waals surface area contributed by atoms with Gasteiger partial charge in [-0.15, -0.1) is 0 Å². The number of nitrogens with one attached hydrogen (secondary N) is 4. The number of aromatic nitrogens is 2. The second-order valence-electron chi connectivity index (χ2n) is 9.11. The molecule has 4 atom stereocenters. The Morgan fingerprint density at radius 2 is 1.97 bits per heavy atom. The number of nitriles is 1. The van der Waals surface area contributed by atoms with Crippen molar-refractivity contribution >= 4 is 34.7 Å². The molecule has 3 rings (SSSR count). The van der Waals surface area contributed by atoms with Gasteiger partial charge in [-0.25, -0.2) is 0 Å². The van der Waals surface area contributed by atoms with E-state index in [9.17, 15) is 24.0 Å². The minimum Gasteiger partial charge on any atom is -0.351 e. The van der Waals surface area contributed by atoms with E-state index in [1.54, 1.807) is 38.2 Å². The van der Waals surface area contributed by atoms with Crippen LogP contribution in [0, 0.1) is 17.2 Å². The van der Waals surface area contributed by atoms with E-state index in [1.807, 2.05) is 6.07 Å². The Hall–Kier alpha value is -4.40. The van der Waals surface area contributed by atoms with Crippen LogP contribution in [-0.2, 0) is 9.59 Å². The first-order valence-electron chi connectivity index (χ1n) is 11.5. The van der Waals surface area contributed by atoms with Gasteiger partial charge in [0.15, 0.2) is 17.9 Å². The summed E-state index contributed by atoms with van der Waals surface area (Å²) in [6.07, 6.45) is 1.48. The Labute approximate surface area is 212 Å². The number of benzene rings is 1. The van der Waals surface area contributed by atoms with Crippen LogP contribution < -0.4 is 21.9 Å². The summed E-state index contributed by atoms with van der Waals surface area (Å²) >= 11 is 0. The predicted octanol–water partition coefficient (Wildman–Crippen LogP) is 0.809. The number of aldehydes is 1. The summed E-state index contributed by atoms with van der Waals surface area (Å²) in [6.45, 7) is 3.18. The normalized spacial score (nSPS) is 15.1. The van der Waals surface area contributed by atoms with Crippen molar-refractivity contribution in [1.82, 2.24) is 20.6 Å². The number of amides is 1. The number of aromatic amines is 2. The lowest BCUT2D eigenvalue weighted by Gasteiger charge is -2.40. The molecule has 3 aromatic rings. The lowest BCUT2D eigenvalue weighted by atomic mass is 9.77. The number of carbonyl (C=O) groups excluding carboxylic acids is 4. The third-order valence-corrected chi connectivity index (χ3v) is 6.74. The largest absolute Gasteiger partial charge is 0.351 e. The molecule has 0 aliphatic carbocycles. The number of Topliss-reactive ketones (excluding diaryl/α,β-unsaturated/α-hetero) is 2. The zero-order chi connectivity index (χ0) is 27.3. The van der Waals surface area contributed by atoms with Crippen molar-refractivity contribution in [2.24, 2.45) is 11.7 Å². The average molecular weight is 505 g/mol. The fourth-order valence-electron chi connectivity index (χ4n) is 4.24. The summed E-state index contributed by atoms with van der Waals surface area (Å²) in [5, 5.41) is 15.5. The van der Waals surface area contributed by atoms with Gasteiger partial charge in [-0.1, -0.05) is 6.92 Å². The number of H-pyrrole nitrogens is 2. The molecule has 11 nitrogen and oxygen atoms in total. The number of nitrogens with two attached hydrogens (primary N) is 1. The van der Waals surface area contributed by atoms with E-state index >= 15 is 0 Å². The molecule has 11 heteroatoms. The van der Waals surface area contributed by atoms with Crippen molar-refractivity contribution in [3.63, 3.8) is 0 Å². The molecular weight excluding hydrogens is 476 g/mol. The molecule has 2 heterocycles. The van der Waals surface area contributed by atoms with Crippen LogP contribution in [-0.4, -0.2) is 58.4 Å². The third kappa shape index (κ3) is 5.72. The first kappa shape index (κ1) is 27.2. The number of hydrogen-bond acceptors (Lipinski definition) is 8. The summed E-state index contributed by atoms with van der Waals surface area (Å²) in [5.74, 6) is -2.84. The molecule has 6 N–H and O–H groups in total. The third-order valence-electron chi connectivity index (χ3n) is 6.74. The first-order valence-corrected chi connectivity index (χ1v) is 11.5. The number of nitrogens with zero attached hydrogens (tertiary/aromatic N) is 1. The van der Waals surface area contributed by atoms with Crippen molar-refractivity contribution in [2.75, 3.05) is 7.05 Å². The Morgan fingerprint density at radius 3 is 2.59 bits per heavy atom. The van der Waals surface area contributed by atoms with Crippen LogP contribution in [0.15, 0.2) is 47.4 Å². The molecule has 0 saturated heterocycles. The maximum absolute atomic E-state index is 13.5. The lowest BCUT2D eigenvalue weighted by Crippen LogP contribution is -2.62. The monoisotopic (exact) mass is 504 g/mol. The maximum atomic E-state index is 13.5. The smallest absolute Gasteiger partial charge is 0.268 e. The van der Waals surface area contributed by atoms with E-state index in [2.05, 4.69) is 20.6 Å². The molecule has 192 valence electrons. The van der Waals surface area contributed by atoms with Gasteiger partial charge in [0.1, 0.15) is 5.69 Å². The lowest BCUT2D eigenvalue weighted by molar-refractivity contribution is -0.133. The van der Waals surface area contributed by atoms with Gasteiger partial charge < -0.3 is 26.3 Å². The highest BCUT2D eigenvalue weighted by Crippen LogP contribution is 2.24. The van der Waals surface area contributed by atoms with E-state index < -0.39 is 46.6 Å². The van der Waals surface area contributed by atoms with E-state index in [1.165, 1.54) is 25.3 Å². The van der Waals surface area contributed by atoms with Crippen molar-refractivity contribution in [3.05, 3.63) is 69.8 Å². The molecule has 0 saturated carbocycles. The summed E-state index contributed by atoms with van der Waals surface area (Å²) in [4.78, 5) is 67.5. The Kier molecular flexibility index (Phi) is 8.17. The first-order chi connectivity index (χ1) is 17.5. The molecule has 0 radical (unpaired) electrons. The van der Waals surface area contributed by atoms with E-state index in [-0.39, 0.29) is 24.0 Å². The number of carbonyl (C=O) groups is 4. The molecule has 37 heavy (non-hydrogen) atoms. The molecule has 0 aliphatic rings. The van der Waals surface area contributed by atoms with Crippen LogP contribution in [0.2, 0.25) is 0 Å². The second kappa shape index (κ2) is 11.1. The molecule has 1 aromatic carbocycles. The fraction of sp³-hybridized carbons (Fsp3) is 0.308. The average Bonchev–Trinajstić information content (AvgIpc) is 3.34. The zero-order valence-electron chi connectivity index (χ0n) is 20.6. The van der Waals surface area contributed by atoms with Gasteiger partial charge in [0.25, 0.3) is 11.5 Å². The molecular formula is C26H28N6O5. The minimum absolute atomic E-state index is 0.0984. The van der Waals surface area contributed by atoms with Crippen molar-refractivity contribution in [1.29, 1.82) is 5.26 Å². The Bertz CT molecular complexity index is 1450. The standard InChI is InChI=1S/C26H28N6O5/c1-14(21(34)13-33)23(28)26(2,29-3)11-20(22(35)17-5-4-8-30-24(17)36)32-25(37)19-10-16-9-15(12-27)6-7-18(16)31-19/h4-10,13-14,20,23,29,31H,11,28H2,1-3H3,(H,30,36)(H,32,37). The van der Waals surface area contributed by atoms with Gasteiger partial charge >= 0.3 is 0 Å². The summed E-state index contributed by atoms with van der Waals surface area (Å²) in [7, 11) is 1.58. The number of pyridine rings is 1. The molecule has 4 unspecified atom stereocenters. The van der Waals surface area contributed by atoms with E-state index in [0.717, 1.165) is 0 Å². The molecule has 0 aliphatic heterocycles. The highest BCUT2D eigenvalue weighted by molar-refractivity contribution is 6.26. The molecule has 0 fully saturated rings. The van der Waals surface area contributed by atoms with Crippen molar-refractivity contribution in [2.45, 2.75) is 37.9 Å². The molecule has 1 amide bonds. The Balaban J connectivity index is 1.98. The van der Waals surface area contributed by atoms with Crippen LogP contribution >= 0.6 is 0 Å². The van der Waals surface area contributed by atoms with Crippen LogP contribution in [0.3, 0.4) is 0 Å². The molecule has 0 spiro atoms. The predicted molar refractivity (Wildman–Crippen MR) is 136 cm³/mol. The molecule has 2 aromatic heterocycles. The Morgan fingerprint density at radius 1 is 1.24 bits per heavy atom. The highest BCUT2D eigenvalue weighted by atomic mass is 16.2. The summed E-state index contributed by atoms with van der Waals surface area (Å²) < 4.78 is 0. The zero-order valence-corrected chi connectivity index (χ0v) is 20.6. The van der Waals surface area contributed by atoms with Crippen LogP contribution in [0.25, 0.3) is 10.9 Å². The van der Waals surface area contributed by atoms with Crippen molar-refractivity contribution in [3.8, 4) is 6.07 Å².